The molecule has 0 radical (unpaired) electrons. The van der Waals surface area contributed by atoms with Crippen molar-refractivity contribution in [3.8, 4) is 28.3 Å². The van der Waals surface area contributed by atoms with E-state index >= 15 is 0 Å². The van der Waals surface area contributed by atoms with Crippen molar-refractivity contribution in [2.24, 2.45) is 5.92 Å². The number of aldehydes is 1. The number of carbonyl (C=O) groups excluding carboxylic acids is 2. The fourth-order valence-electron chi connectivity index (χ4n) is 7.05. The lowest BCUT2D eigenvalue weighted by molar-refractivity contribution is -0.119. The first-order valence-electron chi connectivity index (χ1n) is 17.6. The maximum atomic E-state index is 11.6. The van der Waals surface area contributed by atoms with E-state index in [2.05, 4.69) is 26.3 Å². The number of benzene rings is 2. The van der Waals surface area contributed by atoms with Crippen molar-refractivity contribution in [2.45, 2.75) is 70.6 Å². The largest absolute Gasteiger partial charge is 0.481 e. The average molecular weight is 759 g/mol. The number of nitrogens with zero attached hydrogens (tertiary/aromatic N) is 3. The maximum absolute atomic E-state index is 11.6. The van der Waals surface area contributed by atoms with Crippen molar-refractivity contribution in [3.63, 3.8) is 0 Å². The zero-order valence-electron chi connectivity index (χ0n) is 29.1. The number of fused-ring (bicyclic) bond motifs is 1. The zero-order valence-corrected chi connectivity index (χ0v) is 31.4. The lowest BCUT2D eigenvalue weighted by Gasteiger charge is -2.25. The Bertz CT molecular complexity index is 2100. The summed E-state index contributed by atoms with van der Waals surface area (Å²) in [5.74, 6) is 1.44. The molecule has 2 fully saturated rings. The zero-order chi connectivity index (χ0) is 36.2. The molecule has 1 unspecified atom stereocenters. The molecule has 1 aliphatic heterocycles. The predicted molar refractivity (Wildman–Crippen MR) is 209 cm³/mol. The summed E-state index contributed by atoms with van der Waals surface area (Å²) in [5, 5.41) is 15.5. The molecular weight excluding hydrogens is 717 g/mol. The van der Waals surface area contributed by atoms with Crippen LogP contribution in [0.4, 0.5) is 11.5 Å². The summed E-state index contributed by atoms with van der Waals surface area (Å²) in [6.07, 6.45) is 8.16. The Hall–Kier alpha value is -4.13. The molecule has 4 N–H and O–H groups in total. The monoisotopic (exact) mass is 757 g/mol. The van der Waals surface area contributed by atoms with Gasteiger partial charge in [-0.3, -0.25) is 4.79 Å². The van der Waals surface area contributed by atoms with Crippen LogP contribution >= 0.6 is 34.5 Å². The maximum Gasteiger partial charge on any atom is 0.220 e. The number of pyridine rings is 2. The molecule has 4 heterocycles. The van der Waals surface area contributed by atoms with Crippen LogP contribution in [0.25, 0.3) is 32.6 Å². The Balaban J connectivity index is 1.09. The normalized spacial score (nSPS) is 18.8. The van der Waals surface area contributed by atoms with Crippen molar-refractivity contribution in [1.29, 1.82) is 0 Å². The van der Waals surface area contributed by atoms with Crippen LogP contribution < -0.4 is 26.0 Å². The van der Waals surface area contributed by atoms with Crippen molar-refractivity contribution in [1.82, 2.24) is 30.9 Å². The molecule has 1 saturated carbocycles. The van der Waals surface area contributed by atoms with Crippen LogP contribution in [-0.2, 0) is 22.7 Å². The molecule has 2 aliphatic rings. The fraction of sp³-hybridized carbons (Fsp3) is 0.359. The average Bonchev–Trinajstić information content (AvgIpc) is 3.78. The van der Waals surface area contributed by atoms with E-state index in [0.29, 0.717) is 65.2 Å². The van der Waals surface area contributed by atoms with Gasteiger partial charge < -0.3 is 30.8 Å². The van der Waals surface area contributed by atoms with Crippen LogP contribution in [0.1, 0.15) is 54.7 Å². The number of nitrogens with one attached hydrogen (secondary N) is 4. The number of amides is 1. The van der Waals surface area contributed by atoms with Crippen molar-refractivity contribution in [2.75, 3.05) is 19.0 Å². The SMILES string of the molecule is COc1nc(-c2cccc(-c3cccc(Nc4nccc5sc(CNC6CCC(C=O)CC6)nc45)c3Cl)c2Cl)cc(C)c1CNCC1CCC(=O)N1. The third kappa shape index (κ3) is 7.94. The summed E-state index contributed by atoms with van der Waals surface area (Å²) in [7, 11) is 1.62. The van der Waals surface area contributed by atoms with Gasteiger partial charge in [0.05, 0.1) is 33.2 Å². The van der Waals surface area contributed by atoms with Gasteiger partial charge in [-0.1, -0.05) is 53.5 Å². The molecule has 0 spiro atoms. The van der Waals surface area contributed by atoms with Crippen molar-refractivity contribution < 1.29 is 14.3 Å². The highest BCUT2D eigenvalue weighted by Gasteiger charge is 2.23. The highest BCUT2D eigenvalue weighted by Crippen LogP contribution is 2.42. The van der Waals surface area contributed by atoms with Crippen LogP contribution in [0.2, 0.25) is 10.0 Å². The lowest BCUT2D eigenvalue weighted by atomic mass is 9.87. The van der Waals surface area contributed by atoms with Gasteiger partial charge in [-0.25, -0.2) is 15.0 Å². The standard InChI is InChI=1S/C39H41Cl2N7O3S/c1-22-17-31(47-39(51-2)29(22)19-42-18-25-13-14-33(50)45-25)28-7-3-5-26(35(28)40)27-6-4-8-30(36(27)41)46-38-37-32(15-16-43-38)52-34(48-37)20-44-24-11-9-23(21-49)10-12-24/h3-8,15-17,21,23-25,42,44H,9-14,18-20H2,1-2H3,(H,43,46)(H,45,50). The minimum Gasteiger partial charge on any atom is -0.481 e. The van der Waals surface area contributed by atoms with E-state index in [0.717, 1.165) is 81.4 Å². The number of hydrogen-bond acceptors (Lipinski definition) is 10. The first-order valence-corrected chi connectivity index (χ1v) is 19.2. The van der Waals surface area contributed by atoms with E-state index in [9.17, 15) is 9.59 Å². The number of aryl methyl sites for hydroxylation is 1. The summed E-state index contributed by atoms with van der Waals surface area (Å²) in [5.41, 5.74) is 6.42. The quantitative estimate of drug-likeness (QED) is 0.0883. The lowest BCUT2D eigenvalue weighted by Crippen LogP contribution is -2.35. The third-order valence-electron chi connectivity index (χ3n) is 9.95. The minimum absolute atomic E-state index is 0.102. The van der Waals surface area contributed by atoms with Gasteiger partial charge in [0, 0.05) is 72.5 Å². The van der Waals surface area contributed by atoms with Gasteiger partial charge in [-0.2, -0.15) is 0 Å². The summed E-state index contributed by atoms with van der Waals surface area (Å²) >= 11 is 15.9. The second-order valence-electron chi connectivity index (χ2n) is 13.4. The highest BCUT2D eigenvalue weighted by atomic mass is 35.5. The molecular formula is C39H41Cl2N7O3S. The first kappa shape index (κ1) is 36.2. The molecule has 1 atom stereocenters. The number of methoxy groups -OCH3 is 1. The second-order valence-corrected chi connectivity index (χ2v) is 15.3. The topological polar surface area (TPSA) is 130 Å². The molecule has 1 amide bonds. The molecule has 2 aromatic carbocycles. The van der Waals surface area contributed by atoms with Gasteiger partial charge in [0.2, 0.25) is 11.8 Å². The summed E-state index contributed by atoms with van der Waals surface area (Å²) in [6.45, 7) is 3.94. The number of aromatic nitrogens is 3. The molecule has 0 bridgehead atoms. The van der Waals surface area contributed by atoms with E-state index in [1.54, 1.807) is 24.6 Å². The Morgan fingerprint density at radius 3 is 2.50 bits per heavy atom. The number of thiazole rings is 1. The summed E-state index contributed by atoms with van der Waals surface area (Å²) < 4.78 is 6.77. The minimum atomic E-state index is 0.102. The smallest absolute Gasteiger partial charge is 0.220 e. The Morgan fingerprint density at radius 2 is 1.75 bits per heavy atom. The van der Waals surface area contributed by atoms with E-state index < -0.39 is 0 Å². The molecule has 1 saturated heterocycles. The molecule has 52 heavy (non-hydrogen) atoms. The van der Waals surface area contributed by atoms with Crippen molar-refractivity contribution in [3.05, 3.63) is 80.9 Å². The molecule has 5 aromatic rings. The number of halogens is 2. The van der Waals surface area contributed by atoms with Crippen LogP contribution in [0.15, 0.2) is 54.7 Å². The van der Waals surface area contributed by atoms with Gasteiger partial charge in [0.1, 0.15) is 16.8 Å². The molecule has 270 valence electrons. The van der Waals surface area contributed by atoms with Gasteiger partial charge in [0.15, 0.2) is 5.82 Å². The second kappa shape index (κ2) is 16.3. The molecule has 7 rings (SSSR count). The molecule has 13 heteroatoms. The number of ether oxygens (including phenoxy) is 1. The number of hydrogen-bond donors (Lipinski definition) is 4. The first-order chi connectivity index (χ1) is 25.3. The Morgan fingerprint density at radius 1 is 0.981 bits per heavy atom. The van der Waals surface area contributed by atoms with Crippen molar-refractivity contribution >= 4 is 68.5 Å². The van der Waals surface area contributed by atoms with E-state index in [1.165, 1.54) is 0 Å². The third-order valence-corrected chi connectivity index (χ3v) is 11.8. The fourth-order valence-corrected chi connectivity index (χ4v) is 8.57. The van der Waals surface area contributed by atoms with Gasteiger partial charge in [-0.15, -0.1) is 11.3 Å². The summed E-state index contributed by atoms with van der Waals surface area (Å²) in [4.78, 5) is 37.1. The highest BCUT2D eigenvalue weighted by molar-refractivity contribution is 7.18. The van der Waals surface area contributed by atoms with Crippen LogP contribution in [0.5, 0.6) is 5.88 Å². The Kier molecular flexibility index (Phi) is 11.3. The number of anilines is 2. The molecule has 10 nitrogen and oxygen atoms in total. The van der Waals surface area contributed by atoms with Gasteiger partial charge in [-0.05, 0) is 62.8 Å². The Labute approximate surface area is 317 Å². The van der Waals surface area contributed by atoms with E-state index in [-0.39, 0.29) is 17.9 Å². The number of rotatable bonds is 13. The van der Waals surface area contributed by atoms with E-state index in [1.807, 2.05) is 55.5 Å². The van der Waals surface area contributed by atoms with Crippen LogP contribution in [-0.4, -0.2) is 52.9 Å². The van der Waals surface area contributed by atoms with Crippen LogP contribution in [0.3, 0.4) is 0 Å². The predicted octanol–water partition coefficient (Wildman–Crippen LogP) is 8.00. The summed E-state index contributed by atoms with van der Waals surface area (Å²) in [6, 6.07) is 16.2. The number of carbonyl (C=O) groups is 2. The van der Waals surface area contributed by atoms with Gasteiger partial charge >= 0.3 is 0 Å². The van der Waals surface area contributed by atoms with Crippen LogP contribution in [0, 0.1) is 12.8 Å². The molecule has 1 aliphatic carbocycles. The van der Waals surface area contributed by atoms with E-state index in [4.69, 9.17) is 37.9 Å². The van der Waals surface area contributed by atoms with Gasteiger partial charge in [0.25, 0.3) is 0 Å². The molecule has 3 aromatic heterocycles.